The van der Waals surface area contributed by atoms with Gasteiger partial charge in [0.25, 0.3) is 0 Å². The van der Waals surface area contributed by atoms with E-state index in [2.05, 4.69) is 90.4 Å². The summed E-state index contributed by atoms with van der Waals surface area (Å²) >= 11 is 0. The lowest BCUT2D eigenvalue weighted by atomic mass is 9.96. The van der Waals surface area contributed by atoms with E-state index in [1.54, 1.807) is 0 Å². The molecular formula is C29H36N2O2. The van der Waals surface area contributed by atoms with Gasteiger partial charge in [-0.3, -0.25) is 9.80 Å². The zero-order valence-electron chi connectivity index (χ0n) is 19.8. The maximum absolute atomic E-state index is 10.6. The van der Waals surface area contributed by atoms with Crippen molar-refractivity contribution >= 4 is 0 Å². The van der Waals surface area contributed by atoms with E-state index in [-0.39, 0.29) is 6.04 Å². The third kappa shape index (κ3) is 6.23. The molecule has 1 aliphatic rings. The molecule has 33 heavy (non-hydrogen) atoms. The molecule has 4 heteroatoms. The van der Waals surface area contributed by atoms with Crippen LogP contribution < -0.4 is 4.74 Å². The van der Waals surface area contributed by atoms with Crippen LogP contribution >= 0.6 is 0 Å². The van der Waals surface area contributed by atoms with Crippen molar-refractivity contribution in [3.8, 4) is 5.75 Å². The molecule has 0 aromatic heterocycles. The highest BCUT2D eigenvalue weighted by Gasteiger charge is 2.27. The number of piperazine rings is 1. The Bertz CT molecular complexity index is 930. The van der Waals surface area contributed by atoms with Gasteiger partial charge in [-0.25, -0.2) is 0 Å². The summed E-state index contributed by atoms with van der Waals surface area (Å²) in [4.78, 5) is 4.91. The number of hydrogen-bond donors (Lipinski definition) is 1. The Kier molecular flexibility index (Phi) is 8.16. The van der Waals surface area contributed by atoms with Crippen molar-refractivity contribution in [2.75, 3.05) is 39.3 Å². The van der Waals surface area contributed by atoms with Crippen LogP contribution in [0.3, 0.4) is 0 Å². The molecule has 0 bridgehead atoms. The van der Waals surface area contributed by atoms with Crippen molar-refractivity contribution in [1.29, 1.82) is 0 Å². The van der Waals surface area contributed by atoms with Crippen LogP contribution in [0, 0.1) is 0 Å². The molecule has 0 amide bonds. The number of hydrogen-bond acceptors (Lipinski definition) is 4. The molecule has 1 heterocycles. The van der Waals surface area contributed by atoms with Crippen LogP contribution in [0.4, 0.5) is 0 Å². The minimum absolute atomic E-state index is 0.260. The molecule has 3 aromatic carbocycles. The van der Waals surface area contributed by atoms with Crippen LogP contribution in [-0.2, 0) is 0 Å². The van der Waals surface area contributed by atoms with Gasteiger partial charge in [0.2, 0.25) is 0 Å². The smallest absolute Gasteiger partial charge is 0.122 e. The molecule has 0 spiro atoms. The van der Waals surface area contributed by atoms with Crippen LogP contribution in [0.5, 0.6) is 5.75 Å². The van der Waals surface area contributed by atoms with Gasteiger partial charge in [0.05, 0.1) is 6.04 Å². The number of ether oxygens (including phenoxy) is 1. The van der Waals surface area contributed by atoms with E-state index in [0.717, 1.165) is 31.9 Å². The minimum Gasteiger partial charge on any atom is -0.491 e. The first-order valence-electron chi connectivity index (χ1n) is 12.1. The zero-order valence-corrected chi connectivity index (χ0v) is 19.8. The van der Waals surface area contributed by atoms with Crippen molar-refractivity contribution < 1.29 is 9.84 Å². The zero-order chi connectivity index (χ0) is 23.0. The Morgan fingerprint density at radius 1 is 0.758 bits per heavy atom. The predicted octanol–water partition coefficient (Wildman–Crippen LogP) is 4.96. The quantitative estimate of drug-likeness (QED) is 0.506. The van der Waals surface area contributed by atoms with Crippen LogP contribution in [0.1, 0.15) is 42.5 Å². The molecule has 3 aromatic rings. The standard InChI is InChI=1S/C29H36N2O2/c1-23(2)27-15-9-10-16-28(27)33-22-26(32)21-30-17-19-31(20-18-30)29(24-11-5-3-6-12-24)25-13-7-4-8-14-25/h3-16,23,26,29,32H,17-22H2,1-2H3. The number of benzene rings is 3. The summed E-state index contributed by atoms with van der Waals surface area (Å²) in [5, 5.41) is 10.6. The van der Waals surface area contributed by atoms with Crippen LogP contribution in [0.15, 0.2) is 84.9 Å². The maximum atomic E-state index is 10.6. The average Bonchev–Trinajstić information content (AvgIpc) is 2.85. The van der Waals surface area contributed by atoms with Gasteiger partial charge in [-0.2, -0.15) is 0 Å². The van der Waals surface area contributed by atoms with Crippen molar-refractivity contribution in [2.24, 2.45) is 0 Å². The molecule has 1 atom stereocenters. The van der Waals surface area contributed by atoms with E-state index in [9.17, 15) is 5.11 Å². The van der Waals surface area contributed by atoms with E-state index in [1.807, 2.05) is 18.2 Å². The molecule has 174 valence electrons. The fourth-order valence-electron chi connectivity index (χ4n) is 4.71. The fourth-order valence-corrected chi connectivity index (χ4v) is 4.71. The van der Waals surface area contributed by atoms with Crippen LogP contribution in [0.25, 0.3) is 0 Å². The summed E-state index contributed by atoms with van der Waals surface area (Å²) in [6.07, 6.45) is -0.504. The number of para-hydroxylation sites is 1. The Hall–Kier alpha value is -2.66. The minimum atomic E-state index is -0.504. The van der Waals surface area contributed by atoms with Gasteiger partial charge in [0.15, 0.2) is 0 Å². The van der Waals surface area contributed by atoms with E-state index < -0.39 is 6.10 Å². The third-order valence-electron chi connectivity index (χ3n) is 6.44. The lowest BCUT2D eigenvalue weighted by molar-refractivity contribution is 0.0398. The molecule has 1 aliphatic heterocycles. The molecule has 1 saturated heterocycles. The first kappa shape index (κ1) is 23.5. The molecule has 0 radical (unpaired) electrons. The highest BCUT2D eigenvalue weighted by molar-refractivity contribution is 5.35. The van der Waals surface area contributed by atoms with Crippen LogP contribution in [-0.4, -0.2) is 60.3 Å². The molecule has 1 N–H and O–H groups in total. The second kappa shape index (κ2) is 11.5. The highest BCUT2D eigenvalue weighted by atomic mass is 16.5. The first-order valence-corrected chi connectivity index (χ1v) is 12.1. The van der Waals surface area contributed by atoms with E-state index >= 15 is 0 Å². The summed E-state index contributed by atoms with van der Waals surface area (Å²) in [6.45, 7) is 9.11. The SMILES string of the molecule is CC(C)c1ccccc1OCC(O)CN1CCN(C(c2ccccc2)c2ccccc2)CC1. The van der Waals surface area contributed by atoms with Crippen molar-refractivity contribution in [1.82, 2.24) is 9.80 Å². The van der Waals surface area contributed by atoms with Gasteiger partial charge in [-0.1, -0.05) is 92.7 Å². The summed E-state index contributed by atoms with van der Waals surface area (Å²) in [5.41, 5.74) is 3.84. The second-order valence-electron chi connectivity index (χ2n) is 9.22. The normalized spacial score (nSPS) is 16.3. The molecule has 0 saturated carbocycles. The summed E-state index contributed by atoms with van der Waals surface area (Å²) in [5.74, 6) is 1.28. The fraction of sp³-hybridized carbons (Fsp3) is 0.379. The van der Waals surface area contributed by atoms with Crippen molar-refractivity contribution in [2.45, 2.75) is 31.9 Å². The largest absolute Gasteiger partial charge is 0.491 e. The van der Waals surface area contributed by atoms with E-state index in [1.165, 1.54) is 16.7 Å². The number of rotatable bonds is 9. The molecule has 1 unspecified atom stereocenters. The predicted molar refractivity (Wildman–Crippen MR) is 135 cm³/mol. The Balaban J connectivity index is 1.32. The van der Waals surface area contributed by atoms with Gasteiger partial charge >= 0.3 is 0 Å². The van der Waals surface area contributed by atoms with Crippen molar-refractivity contribution in [3.63, 3.8) is 0 Å². The average molecular weight is 445 g/mol. The summed E-state index contributed by atoms with van der Waals surface area (Å²) in [6, 6.07) is 29.9. The lowest BCUT2D eigenvalue weighted by Gasteiger charge is -2.40. The number of aliphatic hydroxyl groups is 1. The summed E-state index contributed by atoms with van der Waals surface area (Å²) < 4.78 is 5.99. The third-order valence-corrected chi connectivity index (χ3v) is 6.44. The second-order valence-corrected chi connectivity index (χ2v) is 9.22. The van der Waals surface area contributed by atoms with Crippen LogP contribution in [0.2, 0.25) is 0 Å². The Morgan fingerprint density at radius 2 is 1.30 bits per heavy atom. The first-order chi connectivity index (χ1) is 16.1. The molecule has 4 nitrogen and oxygen atoms in total. The van der Waals surface area contributed by atoms with E-state index in [4.69, 9.17) is 4.74 Å². The van der Waals surface area contributed by atoms with Gasteiger partial charge in [0.1, 0.15) is 18.5 Å². The lowest BCUT2D eigenvalue weighted by Crippen LogP contribution is -2.50. The molecule has 1 fully saturated rings. The monoisotopic (exact) mass is 444 g/mol. The number of β-amino-alcohol motifs (C(OH)–C–C–N with tert-alkyl or cyclic N) is 1. The van der Waals surface area contributed by atoms with Gasteiger partial charge in [0, 0.05) is 32.7 Å². The Morgan fingerprint density at radius 3 is 1.88 bits per heavy atom. The molecule has 4 rings (SSSR count). The molecular weight excluding hydrogens is 408 g/mol. The number of nitrogens with zero attached hydrogens (tertiary/aromatic N) is 2. The van der Waals surface area contributed by atoms with E-state index in [0.29, 0.717) is 19.1 Å². The number of aliphatic hydroxyl groups excluding tert-OH is 1. The van der Waals surface area contributed by atoms with Gasteiger partial charge < -0.3 is 9.84 Å². The maximum Gasteiger partial charge on any atom is 0.122 e. The topological polar surface area (TPSA) is 35.9 Å². The highest BCUT2D eigenvalue weighted by Crippen LogP contribution is 2.29. The van der Waals surface area contributed by atoms with Gasteiger partial charge in [-0.05, 0) is 28.7 Å². The summed E-state index contributed by atoms with van der Waals surface area (Å²) in [7, 11) is 0. The Labute approximate surface area is 198 Å². The van der Waals surface area contributed by atoms with Gasteiger partial charge in [-0.15, -0.1) is 0 Å². The van der Waals surface area contributed by atoms with Crippen molar-refractivity contribution in [3.05, 3.63) is 102 Å². The molecule has 0 aliphatic carbocycles.